The number of hydrogen-bond donors (Lipinski definition) is 0. The first-order valence-electron chi connectivity index (χ1n) is 8.99. The van der Waals surface area contributed by atoms with Crippen molar-refractivity contribution in [3.63, 3.8) is 0 Å². The molecule has 25 heavy (non-hydrogen) atoms. The van der Waals surface area contributed by atoms with E-state index >= 15 is 0 Å². The first-order valence-corrected chi connectivity index (χ1v) is 8.99. The van der Waals surface area contributed by atoms with E-state index in [-0.39, 0.29) is 5.88 Å². The number of aryl methyl sites for hydroxylation is 1. The number of fused-ring (bicyclic) bond motifs is 1. The Balaban J connectivity index is 1.46. The molecular weight excluding hydrogens is 323 g/mol. The van der Waals surface area contributed by atoms with Crippen LogP contribution in [-0.4, -0.2) is 44.9 Å². The van der Waals surface area contributed by atoms with E-state index in [1.807, 2.05) is 0 Å². The fourth-order valence-electron chi connectivity index (χ4n) is 3.79. The van der Waals surface area contributed by atoms with Gasteiger partial charge in [0.25, 0.3) is 5.88 Å². The van der Waals surface area contributed by atoms with Gasteiger partial charge < -0.3 is 14.2 Å². The average Bonchev–Trinajstić information content (AvgIpc) is 2.90. The number of ether oxygens (including phenoxy) is 1. The van der Waals surface area contributed by atoms with E-state index in [9.17, 15) is 4.39 Å². The standard InChI is InChI=1S/C17H23FN6O/c1-25-16-13(18)11-19-17(20-16)23-9-6-12(7-10-23)15-22-21-14-5-3-2-4-8-24(14)15/h11-12H,2-10H2,1H3. The molecule has 0 aromatic carbocycles. The van der Waals surface area contributed by atoms with Gasteiger partial charge in [-0.25, -0.2) is 4.98 Å². The summed E-state index contributed by atoms with van der Waals surface area (Å²) in [7, 11) is 1.42. The van der Waals surface area contributed by atoms with Gasteiger partial charge in [-0.3, -0.25) is 0 Å². The lowest BCUT2D eigenvalue weighted by atomic mass is 9.96. The van der Waals surface area contributed by atoms with Crippen LogP contribution in [0.4, 0.5) is 10.3 Å². The zero-order valence-corrected chi connectivity index (χ0v) is 14.5. The highest BCUT2D eigenvalue weighted by atomic mass is 19.1. The van der Waals surface area contributed by atoms with E-state index in [0.717, 1.165) is 50.5 Å². The summed E-state index contributed by atoms with van der Waals surface area (Å²) >= 11 is 0. The molecule has 0 aliphatic carbocycles. The number of hydrogen-bond acceptors (Lipinski definition) is 6. The number of nitrogens with zero attached hydrogens (tertiary/aromatic N) is 6. The summed E-state index contributed by atoms with van der Waals surface area (Å²) in [5.74, 6) is 2.67. The zero-order chi connectivity index (χ0) is 17.2. The van der Waals surface area contributed by atoms with Crippen LogP contribution >= 0.6 is 0 Å². The second kappa shape index (κ2) is 6.93. The summed E-state index contributed by atoms with van der Waals surface area (Å²) in [5, 5.41) is 8.91. The van der Waals surface area contributed by atoms with Crippen LogP contribution < -0.4 is 9.64 Å². The molecule has 8 heteroatoms. The Hall–Kier alpha value is -2.25. The first kappa shape index (κ1) is 16.2. The van der Waals surface area contributed by atoms with Crippen LogP contribution in [0.15, 0.2) is 6.20 Å². The summed E-state index contributed by atoms with van der Waals surface area (Å²) in [5.41, 5.74) is 0. The number of halogens is 1. The highest BCUT2D eigenvalue weighted by Gasteiger charge is 2.28. The van der Waals surface area contributed by atoms with Crippen LogP contribution in [0.2, 0.25) is 0 Å². The van der Waals surface area contributed by atoms with Crippen LogP contribution in [-0.2, 0) is 13.0 Å². The van der Waals surface area contributed by atoms with Crippen molar-refractivity contribution in [2.75, 3.05) is 25.1 Å². The molecule has 2 aromatic heterocycles. The molecule has 2 aliphatic rings. The number of aromatic nitrogens is 5. The van der Waals surface area contributed by atoms with Crippen LogP contribution in [0.5, 0.6) is 5.88 Å². The molecule has 2 aromatic rings. The monoisotopic (exact) mass is 346 g/mol. The van der Waals surface area contributed by atoms with Crippen molar-refractivity contribution in [1.29, 1.82) is 0 Å². The van der Waals surface area contributed by atoms with Crippen LogP contribution in [0.3, 0.4) is 0 Å². The smallest absolute Gasteiger partial charge is 0.255 e. The van der Waals surface area contributed by atoms with Gasteiger partial charge in [0.2, 0.25) is 11.8 Å². The lowest BCUT2D eigenvalue weighted by Gasteiger charge is -2.31. The van der Waals surface area contributed by atoms with Crippen LogP contribution in [0, 0.1) is 5.82 Å². The molecule has 0 radical (unpaired) electrons. The predicted octanol–water partition coefficient (Wildman–Crippen LogP) is 2.33. The Morgan fingerprint density at radius 1 is 1.12 bits per heavy atom. The van der Waals surface area contributed by atoms with E-state index in [1.54, 1.807) is 0 Å². The van der Waals surface area contributed by atoms with Gasteiger partial charge in [-0.2, -0.15) is 9.37 Å². The van der Waals surface area contributed by atoms with Gasteiger partial charge in [-0.1, -0.05) is 6.42 Å². The predicted molar refractivity (Wildman–Crippen MR) is 90.3 cm³/mol. The maximum atomic E-state index is 13.5. The van der Waals surface area contributed by atoms with E-state index in [0.29, 0.717) is 11.9 Å². The van der Waals surface area contributed by atoms with Crippen molar-refractivity contribution in [2.45, 2.75) is 51.0 Å². The van der Waals surface area contributed by atoms with Gasteiger partial charge in [0.05, 0.1) is 13.3 Å². The minimum atomic E-state index is -0.535. The summed E-state index contributed by atoms with van der Waals surface area (Å²) in [4.78, 5) is 10.4. The minimum absolute atomic E-state index is 0.00472. The topological polar surface area (TPSA) is 69.0 Å². The second-order valence-corrected chi connectivity index (χ2v) is 6.73. The fourth-order valence-corrected chi connectivity index (χ4v) is 3.79. The Labute approximate surface area is 146 Å². The molecule has 4 heterocycles. The van der Waals surface area contributed by atoms with Gasteiger partial charge >= 0.3 is 0 Å². The summed E-state index contributed by atoms with van der Waals surface area (Å²) in [6.45, 7) is 2.68. The molecule has 1 fully saturated rings. The minimum Gasteiger partial charge on any atom is -0.479 e. The normalized spacial score (nSPS) is 18.7. The Bertz CT molecular complexity index is 741. The quantitative estimate of drug-likeness (QED) is 0.850. The highest BCUT2D eigenvalue weighted by Crippen LogP contribution is 2.30. The lowest BCUT2D eigenvalue weighted by molar-refractivity contribution is 0.365. The number of anilines is 1. The Morgan fingerprint density at radius 3 is 2.76 bits per heavy atom. The van der Waals surface area contributed by atoms with Crippen molar-refractivity contribution in [2.24, 2.45) is 0 Å². The van der Waals surface area contributed by atoms with Gasteiger partial charge in [0, 0.05) is 32.0 Å². The molecule has 7 nitrogen and oxygen atoms in total. The number of methoxy groups -OCH3 is 1. The number of piperidine rings is 1. The largest absolute Gasteiger partial charge is 0.479 e. The van der Waals surface area contributed by atoms with Crippen molar-refractivity contribution in [1.82, 2.24) is 24.7 Å². The maximum absolute atomic E-state index is 13.5. The molecule has 0 saturated carbocycles. The Kier molecular flexibility index (Phi) is 4.50. The van der Waals surface area contributed by atoms with E-state index in [4.69, 9.17) is 4.74 Å². The van der Waals surface area contributed by atoms with Crippen molar-refractivity contribution in [3.05, 3.63) is 23.7 Å². The second-order valence-electron chi connectivity index (χ2n) is 6.73. The molecule has 0 atom stereocenters. The number of rotatable bonds is 3. The van der Waals surface area contributed by atoms with Gasteiger partial charge in [-0.05, 0) is 25.7 Å². The third-order valence-corrected chi connectivity index (χ3v) is 5.17. The van der Waals surface area contributed by atoms with Crippen molar-refractivity contribution >= 4 is 5.95 Å². The molecule has 1 saturated heterocycles. The summed E-state index contributed by atoms with van der Waals surface area (Å²) < 4.78 is 20.8. The summed E-state index contributed by atoms with van der Waals surface area (Å²) in [6, 6.07) is 0. The lowest BCUT2D eigenvalue weighted by Crippen LogP contribution is -2.35. The highest BCUT2D eigenvalue weighted by molar-refractivity contribution is 5.33. The SMILES string of the molecule is COc1nc(N2CCC(c3nnc4n3CCCCC4)CC2)ncc1F. The van der Waals surface area contributed by atoms with Crippen LogP contribution in [0.25, 0.3) is 0 Å². The zero-order valence-electron chi connectivity index (χ0n) is 14.5. The van der Waals surface area contributed by atoms with E-state index < -0.39 is 5.82 Å². The molecule has 0 spiro atoms. The molecule has 0 unspecified atom stereocenters. The van der Waals surface area contributed by atoms with Gasteiger partial charge in [0.15, 0.2) is 0 Å². The molecule has 0 N–H and O–H groups in total. The van der Waals surface area contributed by atoms with Crippen molar-refractivity contribution < 1.29 is 9.13 Å². The van der Waals surface area contributed by atoms with Gasteiger partial charge in [-0.15, -0.1) is 10.2 Å². The molecule has 4 rings (SSSR count). The third-order valence-electron chi connectivity index (χ3n) is 5.17. The molecule has 0 bridgehead atoms. The molecule has 2 aliphatic heterocycles. The Morgan fingerprint density at radius 2 is 1.96 bits per heavy atom. The third kappa shape index (κ3) is 3.17. The van der Waals surface area contributed by atoms with E-state index in [1.165, 1.54) is 32.6 Å². The van der Waals surface area contributed by atoms with E-state index in [2.05, 4.69) is 29.6 Å². The van der Waals surface area contributed by atoms with Crippen LogP contribution in [0.1, 0.15) is 49.7 Å². The van der Waals surface area contributed by atoms with Gasteiger partial charge in [0.1, 0.15) is 11.6 Å². The average molecular weight is 346 g/mol. The molecule has 0 amide bonds. The first-order chi connectivity index (χ1) is 12.3. The molecular formula is C17H23FN6O. The molecule has 134 valence electrons. The maximum Gasteiger partial charge on any atom is 0.255 e. The summed E-state index contributed by atoms with van der Waals surface area (Å²) in [6.07, 6.45) is 7.84. The fraction of sp³-hybridized carbons (Fsp3) is 0.647. The van der Waals surface area contributed by atoms with Crippen molar-refractivity contribution in [3.8, 4) is 5.88 Å².